The molecular formula is C17H19ClN2O3S. The van der Waals surface area contributed by atoms with E-state index in [4.69, 9.17) is 11.6 Å². The van der Waals surface area contributed by atoms with E-state index in [0.717, 1.165) is 15.4 Å². The molecule has 24 heavy (non-hydrogen) atoms. The van der Waals surface area contributed by atoms with Gasteiger partial charge in [-0.15, -0.1) is 0 Å². The highest BCUT2D eigenvalue weighted by atomic mass is 35.5. The predicted octanol–water partition coefficient (Wildman–Crippen LogP) is 2.59. The Hall–Kier alpha value is -1.89. The van der Waals surface area contributed by atoms with E-state index in [-0.39, 0.29) is 23.9 Å². The van der Waals surface area contributed by atoms with Crippen LogP contribution in [0, 0.1) is 6.92 Å². The Balaban J connectivity index is 2.39. The highest BCUT2D eigenvalue weighted by Crippen LogP contribution is 2.21. The van der Waals surface area contributed by atoms with Crippen molar-refractivity contribution in [3.05, 3.63) is 64.7 Å². The highest BCUT2D eigenvalue weighted by Gasteiger charge is 2.27. The van der Waals surface area contributed by atoms with Crippen LogP contribution in [0.1, 0.15) is 11.1 Å². The number of amides is 1. The Morgan fingerprint density at radius 2 is 1.75 bits per heavy atom. The molecule has 2 aromatic rings. The second kappa shape index (κ2) is 7.79. The number of carbonyl (C=O) groups excluding carboxylic acids is 1. The Labute approximate surface area is 147 Å². The van der Waals surface area contributed by atoms with Crippen molar-refractivity contribution in [3.8, 4) is 0 Å². The van der Waals surface area contributed by atoms with E-state index < -0.39 is 10.0 Å². The molecule has 0 fully saturated rings. The Morgan fingerprint density at radius 3 is 2.33 bits per heavy atom. The average molecular weight is 367 g/mol. The third-order valence-electron chi connectivity index (χ3n) is 3.66. The fourth-order valence-corrected chi connectivity index (χ4v) is 3.70. The molecular weight excluding hydrogens is 348 g/mol. The van der Waals surface area contributed by atoms with Gasteiger partial charge in [0.1, 0.15) is 0 Å². The van der Waals surface area contributed by atoms with Gasteiger partial charge >= 0.3 is 0 Å². The van der Waals surface area contributed by atoms with Gasteiger partial charge in [0.25, 0.3) is 0 Å². The molecule has 2 aromatic carbocycles. The van der Waals surface area contributed by atoms with E-state index in [0.29, 0.717) is 5.02 Å². The minimum Gasteiger partial charge on any atom is -0.358 e. The molecule has 0 spiro atoms. The van der Waals surface area contributed by atoms with Gasteiger partial charge in [0.2, 0.25) is 15.9 Å². The van der Waals surface area contributed by atoms with Crippen LogP contribution in [0.5, 0.6) is 0 Å². The third-order valence-corrected chi connectivity index (χ3v) is 5.72. The molecule has 1 N–H and O–H groups in total. The summed E-state index contributed by atoms with van der Waals surface area (Å²) in [4.78, 5) is 11.9. The molecule has 5 nitrogen and oxygen atoms in total. The fourth-order valence-electron chi connectivity index (χ4n) is 2.20. The first-order valence-corrected chi connectivity index (χ1v) is 9.17. The number of sulfonamides is 1. The molecule has 0 saturated carbocycles. The summed E-state index contributed by atoms with van der Waals surface area (Å²) in [6.07, 6.45) is 0. The molecule has 0 bridgehead atoms. The minimum atomic E-state index is -3.82. The zero-order chi connectivity index (χ0) is 17.7. The van der Waals surface area contributed by atoms with Gasteiger partial charge in [0, 0.05) is 18.6 Å². The van der Waals surface area contributed by atoms with Gasteiger partial charge in [-0.25, -0.2) is 8.42 Å². The number of halogens is 1. The van der Waals surface area contributed by atoms with Crippen LogP contribution in [-0.2, 0) is 21.4 Å². The van der Waals surface area contributed by atoms with Crippen molar-refractivity contribution < 1.29 is 13.2 Å². The summed E-state index contributed by atoms with van der Waals surface area (Å²) in [6.45, 7) is 1.77. The van der Waals surface area contributed by atoms with Crippen molar-refractivity contribution in [1.82, 2.24) is 9.62 Å². The maximum absolute atomic E-state index is 12.9. The average Bonchev–Trinajstić information content (AvgIpc) is 2.56. The zero-order valence-corrected chi connectivity index (χ0v) is 15.1. The van der Waals surface area contributed by atoms with Crippen LogP contribution in [0.2, 0.25) is 5.02 Å². The van der Waals surface area contributed by atoms with Gasteiger partial charge in [0.15, 0.2) is 0 Å². The monoisotopic (exact) mass is 366 g/mol. The third kappa shape index (κ3) is 4.35. The fraction of sp³-hybridized carbons (Fsp3) is 0.235. The van der Waals surface area contributed by atoms with Crippen molar-refractivity contribution in [2.24, 2.45) is 0 Å². The lowest BCUT2D eigenvalue weighted by Gasteiger charge is -2.22. The van der Waals surface area contributed by atoms with Crippen LogP contribution in [0.3, 0.4) is 0 Å². The van der Waals surface area contributed by atoms with Crippen molar-refractivity contribution in [2.75, 3.05) is 13.6 Å². The van der Waals surface area contributed by atoms with Gasteiger partial charge in [0.05, 0.1) is 11.4 Å². The van der Waals surface area contributed by atoms with Crippen LogP contribution in [-0.4, -0.2) is 32.2 Å². The van der Waals surface area contributed by atoms with Crippen molar-refractivity contribution in [1.29, 1.82) is 0 Å². The number of rotatable bonds is 6. The van der Waals surface area contributed by atoms with Gasteiger partial charge in [-0.2, -0.15) is 4.31 Å². The molecule has 7 heteroatoms. The maximum Gasteiger partial charge on any atom is 0.243 e. The molecule has 128 valence electrons. The molecule has 0 radical (unpaired) electrons. The topological polar surface area (TPSA) is 66.5 Å². The number of hydrogen-bond donors (Lipinski definition) is 1. The lowest BCUT2D eigenvalue weighted by atomic mass is 10.1. The van der Waals surface area contributed by atoms with E-state index in [1.165, 1.54) is 31.3 Å². The van der Waals surface area contributed by atoms with Crippen molar-refractivity contribution >= 4 is 27.5 Å². The Kier molecular flexibility index (Phi) is 5.99. The lowest BCUT2D eigenvalue weighted by molar-refractivity contribution is -0.120. The van der Waals surface area contributed by atoms with Gasteiger partial charge in [-0.1, -0.05) is 35.9 Å². The second-order valence-corrected chi connectivity index (χ2v) is 7.70. The smallest absolute Gasteiger partial charge is 0.243 e. The first-order valence-electron chi connectivity index (χ1n) is 7.35. The number of aryl methyl sites for hydroxylation is 1. The molecule has 0 aromatic heterocycles. The first kappa shape index (κ1) is 18.4. The minimum absolute atomic E-state index is 0.101. The molecule has 1 amide bonds. The lowest BCUT2D eigenvalue weighted by Crippen LogP contribution is -2.39. The highest BCUT2D eigenvalue weighted by molar-refractivity contribution is 7.89. The van der Waals surface area contributed by atoms with Crippen LogP contribution >= 0.6 is 11.6 Å². The quantitative estimate of drug-likeness (QED) is 0.854. The summed E-state index contributed by atoms with van der Waals surface area (Å²) in [5.41, 5.74) is 1.81. The molecule has 0 aliphatic heterocycles. The SMILES string of the molecule is CNC(=O)CN(Cc1ccccc1C)S(=O)(=O)c1ccc(Cl)cc1. The van der Waals surface area contributed by atoms with Crippen molar-refractivity contribution in [2.45, 2.75) is 18.4 Å². The zero-order valence-electron chi connectivity index (χ0n) is 13.5. The van der Waals surface area contributed by atoms with Crippen LogP contribution in [0.25, 0.3) is 0 Å². The summed E-state index contributed by atoms with van der Waals surface area (Å²) in [5, 5.41) is 2.91. The summed E-state index contributed by atoms with van der Waals surface area (Å²) < 4.78 is 27.0. The summed E-state index contributed by atoms with van der Waals surface area (Å²) in [5.74, 6) is -0.374. The normalized spacial score (nSPS) is 11.5. The van der Waals surface area contributed by atoms with E-state index in [9.17, 15) is 13.2 Å². The standard InChI is InChI=1S/C17H19ClN2O3S/c1-13-5-3-4-6-14(13)11-20(12-17(21)19-2)24(22,23)16-9-7-15(18)8-10-16/h3-10H,11-12H2,1-2H3,(H,19,21). The number of hydrogen-bond acceptors (Lipinski definition) is 3. The van der Waals surface area contributed by atoms with Crippen molar-refractivity contribution in [3.63, 3.8) is 0 Å². The number of likely N-dealkylation sites (N-methyl/N-ethyl adjacent to an activating group) is 1. The first-order chi connectivity index (χ1) is 11.3. The Morgan fingerprint density at radius 1 is 1.12 bits per heavy atom. The van der Waals surface area contributed by atoms with Gasteiger partial charge in [-0.3, -0.25) is 4.79 Å². The van der Waals surface area contributed by atoms with E-state index >= 15 is 0 Å². The summed E-state index contributed by atoms with van der Waals surface area (Å²) in [6, 6.07) is 13.4. The van der Waals surface area contributed by atoms with E-state index in [2.05, 4.69) is 5.32 Å². The summed E-state index contributed by atoms with van der Waals surface area (Å²) >= 11 is 5.83. The summed E-state index contributed by atoms with van der Waals surface area (Å²) in [7, 11) is -2.35. The molecule has 0 heterocycles. The number of nitrogens with zero attached hydrogens (tertiary/aromatic N) is 1. The molecule has 0 aliphatic carbocycles. The molecule has 0 saturated heterocycles. The molecule has 0 unspecified atom stereocenters. The number of benzene rings is 2. The number of nitrogens with one attached hydrogen (secondary N) is 1. The maximum atomic E-state index is 12.9. The second-order valence-electron chi connectivity index (χ2n) is 5.33. The molecule has 0 atom stereocenters. The largest absolute Gasteiger partial charge is 0.358 e. The van der Waals surface area contributed by atoms with Gasteiger partial charge in [-0.05, 0) is 42.3 Å². The van der Waals surface area contributed by atoms with E-state index in [1.54, 1.807) is 0 Å². The molecule has 0 aliphatic rings. The van der Waals surface area contributed by atoms with Gasteiger partial charge < -0.3 is 5.32 Å². The van der Waals surface area contributed by atoms with Crippen LogP contribution in [0.4, 0.5) is 0 Å². The van der Waals surface area contributed by atoms with Crippen LogP contribution in [0.15, 0.2) is 53.4 Å². The van der Waals surface area contributed by atoms with E-state index in [1.807, 2.05) is 31.2 Å². The number of carbonyl (C=O) groups is 1. The van der Waals surface area contributed by atoms with Crippen LogP contribution < -0.4 is 5.32 Å². The molecule has 2 rings (SSSR count). The Bertz CT molecular complexity index is 820. The predicted molar refractivity (Wildman–Crippen MR) is 94.3 cm³/mol.